The average molecular weight is 321 g/mol. The van der Waals surface area contributed by atoms with Gasteiger partial charge in [0.2, 0.25) is 10.0 Å². The van der Waals surface area contributed by atoms with Gasteiger partial charge in [0, 0.05) is 42.3 Å². The molecule has 0 unspecified atom stereocenters. The molecule has 1 aliphatic heterocycles. The summed E-state index contributed by atoms with van der Waals surface area (Å²) >= 11 is 0. The van der Waals surface area contributed by atoms with Crippen molar-refractivity contribution in [2.45, 2.75) is 24.0 Å². The molecule has 7 heteroatoms. The Balaban J connectivity index is 2.01. The van der Waals surface area contributed by atoms with Crippen LogP contribution < -0.4 is 5.73 Å². The van der Waals surface area contributed by atoms with E-state index in [9.17, 15) is 8.42 Å². The Bertz CT molecular complexity index is 771. The van der Waals surface area contributed by atoms with Crippen molar-refractivity contribution in [3.8, 4) is 0 Å². The van der Waals surface area contributed by atoms with Crippen LogP contribution in [0.5, 0.6) is 0 Å². The molecule has 2 heterocycles. The summed E-state index contributed by atoms with van der Waals surface area (Å²) in [7, 11) is -3.59. The molecular weight excluding hydrogens is 302 g/mol. The maximum atomic E-state index is 13.0. The quantitative estimate of drug-likeness (QED) is 0.910. The van der Waals surface area contributed by atoms with Crippen molar-refractivity contribution in [3.63, 3.8) is 0 Å². The van der Waals surface area contributed by atoms with E-state index in [-0.39, 0.29) is 18.7 Å². The van der Waals surface area contributed by atoms with Gasteiger partial charge >= 0.3 is 0 Å². The van der Waals surface area contributed by atoms with Crippen molar-refractivity contribution < 1.29 is 13.2 Å². The first-order valence-electron chi connectivity index (χ1n) is 7.20. The van der Waals surface area contributed by atoms with Crippen LogP contribution in [0.2, 0.25) is 0 Å². The highest BCUT2D eigenvalue weighted by molar-refractivity contribution is 7.89. The lowest BCUT2D eigenvalue weighted by Crippen LogP contribution is -2.51. The van der Waals surface area contributed by atoms with Gasteiger partial charge in [-0.3, -0.25) is 4.98 Å². The number of nitrogens with two attached hydrogens (primary N) is 1. The zero-order valence-corrected chi connectivity index (χ0v) is 13.2. The molecule has 0 saturated carbocycles. The molecular formula is C15H19N3O3S. The third kappa shape index (κ3) is 2.72. The van der Waals surface area contributed by atoms with Crippen LogP contribution >= 0.6 is 0 Å². The van der Waals surface area contributed by atoms with Gasteiger partial charge in [-0.15, -0.1) is 0 Å². The summed E-state index contributed by atoms with van der Waals surface area (Å²) in [6.07, 6.45) is 2.99. The maximum Gasteiger partial charge on any atom is 0.243 e. The van der Waals surface area contributed by atoms with Gasteiger partial charge < -0.3 is 10.5 Å². The summed E-state index contributed by atoms with van der Waals surface area (Å²) in [5, 5.41) is 1.49. The van der Waals surface area contributed by atoms with Crippen LogP contribution in [0, 0.1) is 0 Å². The van der Waals surface area contributed by atoms with Crippen molar-refractivity contribution in [3.05, 3.63) is 36.7 Å². The first-order chi connectivity index (χ1) is 10.5. The fourth-order valence-electron chi connectivity index (χ4n) is 2.64. The third-order valence-electron chi connectivity index (χ3n) is 3.90. The molecule has 2 atom stereocenters. The van der Waals surface area contributed by atoms with Crippen LogP contribution in [0.1, 0.15) is 6.92 Å². The van der Waals surface area contributed by atoms with E-state index in [0.717, 1.165) is 5.39 Å². The Morgan fingerprint density at radius 1 is 1.41 bits per heavy atom. The number of hydrogen-bond donors (Lipinski definition) is 1. The molecule has 0 bridgehead atoms. The standard InChI is InChI=1S/C15H19N3O3S/c1-11(16)14-10-18(7-8-21-14)22(19,20)15-4-2-3-12-9-17-6-5-13(12)15/h2-6,9,11,14H,7-8,10,16H2,1H3/t11-,14+/m0/s1. The van der Waals surface area contributed by atoms with E-state index in [4.69, 9.17) is 10.5 Å². The highest BCUT2D eigenvalue weighted by Gasteiger charge is 2.33. The minimum atomic E-state index is -3.59. The molecule has 3 rings (SSSR count). The molecule has 1 aliphatic rings. The molecule has 1 aromatic carbocycles. The first kappa shape index (κ1) is 15.4. The number of ether oxygens (including phenoxy) is 1. The van der Waals surface area contributed by atoms with Gasteiger partial charge in [-0.25, -0.2) is 8.42 Å². The summed E-state index contributed by atoms with van der Waals surface area (Å²) in [6.45, 7) is 2.80. The van der Waals surface area contributed by atoms with E-state index in [2.05, 4.69) is 4.98 Å². The van der Waals surface area contributed by atoms with Gasteiger partial charge in [0.05, 0.1) is 17.6 Å². The van der Waals surface area contributed by atoms with Gasteiger partial charge in [-0.1, -0.05) is 12.1 Å². The maximum absolute atomic E-state index is 13.0. The van der Waals surface area contributed by atoms with Crippen LogP contribution in [-0.2, 0) is 14.8 Å². The minimum Gasteiger partial charge on any atom is -0.374 e. The van der Waals surface area contributed by atoms with Crippen LogP contribution in [0.25, 0.3) is 10.8 Å². The zero-order valence-electron chi connectivity index (χ0n) is 12.3. The topological polar surface area (TPSA) is 85.5 Å². The first-order valence-corrected chi connectivity index (χ1v) is 8.64. The van der Waals surface area contributed by atoms with Crippen molar-refractivity contribution in [1.29, 1.82) is 0 Å². The van der Waals surface area contributed by atoms with Crippen LogP contribution in [-0.4, -0.2) is 49.5 Å². The number of nitrogens with zero attached hydrogens (tertiary/aromatic N) is 2. The molecule has 1 aromatic heterocycles. The van der Waals surface area contributed by atoms with E-state index in [0.29, 0.717) is 23.4 Å². The average Bonchev–Trinajstić information content (AvgIpc) is 2.54. The molecule has 2 N–H and O–H groups in total. The molecule has 0 radical (unpaired) electrons. The SMILES string of the molecule is C[C@H](N)[C@H]1CN(S(=O)(=O)c2cccc3cnccc23)CCO1. The van der Waals surface area contributed by atoms with E-state index in [1.807, 2.05) is 13.0 Å². The second kappa shape index (κ2) is 5.92. The minimum absolute atomic E-state index is 0.213. The molecule has 22 heavy (non-hydrogen) atoms. The lowest BCUT2D eigenvalue weighted by atomic mass is 10.2. The Morgan fingerprint density at radius 3 is 3.00 bits per heavy atom. The number of morpholine rings is 1. The summed E-state index contributed by atoms with van der Waals surface area (Å²) in [5.41, 5.74) is 5.85. The Hall–Kier alpha value is -1.54. The van der Waals surface area contributed by atoms with Crippen molar-refractivity contribution in [1.82, 2.24) is 9.29 Å². The summed E-state index contributed by atoms with van der Waals surface area (Å²) in [5.74, 6) is 0. The Morgan fingerprint density at radius 2 is 2.23 bits per heavy atom. The number of sulfonamides is 1. The van der Waals surface area contributed by atoms with E-state index >= 15 is 0 Å². The smallest absolute Gasteiger partial charge is 0.243 e. The Labute approximate surface area is 129 Å². The predicted octanol–water partition coefficient (Wildman–Crippen LogP) is 0.971. The third-order valence-corrected chi connectivity index (χ3v) is 5.82. The molecule has 6 nitrogen and oxygen atoms in total. The van der Waals surface area contributed by atoms with Gasteiger partial charge in [0.1, 0.15) is 0 Å². The highest BCUT2D eigenvalue weighted by atomic mass is 32.2. The van der Waals surface area contributed by atoms with Crippen LogP contribution in [0.15, 0.2) is 41.6 Å². The summed E-state index contributed by atoms with van der Waals surface area (Å²) < 4.78 is 33.0. The fourth-order valence-corrected chi connectivity index (χ4v) is 4.29. The number of pyridine rings is 1. The number of aromatic nitrogens is 1. The molecule has 0 spiro atoms. The van der Waals surface area contributed by atoms with Gasteiger partial charge in [-0.2, -0.15) is 4.31 Å². The molecule has 118 valence electrons. The van der Waals surface area contributed by atoms with Crippen molar-refractivity contribution in [2.24, 2.45) is 5.73 Å². The van der Waals surface area contributed by atoms with Crippen molar-refractivity contribution >= 4 is 20.8 Å². The number of hydrogen-bond acceptors (Lipinski definition) is 5. The second-order valence-corrected chi connectivity index (χ2v) is 7.39. The van der Waals surface area contributed by atoms with E-state index < -0.39 is 10.0 Å². The molecule has 0 amide bonds. The van der Waals surface area contributed by atoms with Gasteiger partial charge in [0.25, 0.3) is 0 Å². The fraction of sp³-hybridized carbons (Fsp3) is 0.400. The summed E-state index contributed by atoms with van der Waals surface area (Å²) in [6, 6.07) is 6.74. The molecule has 1 saturated heterocycles. The Kier molecular flexibility index (Phi) is 4.14. The molecule has 2 aromatic rings. The van der Waals surface area contributed by atoms with Gasteiger partial charge in [-0.05, 0) is 19.1 Å². The largest absolute Gasteiger partial charge is 0.374 e. The van der Waals surface area contributed by atoms with E-state index in [1.165, 1.54) is 4.31 Å². The van der Waals surface area contributed by atoms with Crippen LogP contribution in [0.3, 0.4) is 0 Å². The molecule has 0 aliphatic carbocycles. The van der Waals surface area contributed by atoms with Crippen molar-refractivity contribution in [2.75, 3.05) is 19.7 Å². The number of benzene rings is 1. The lowest BCUT2D eigenvalue weighted by Gasteiger charge is -2.34. The monoisotopic (exact) mass is 321 g/mol. The zero-order chi connectivity index (χ0) is 15.7. The highest BCUT2D eigenvalue weighted by Crippen LogP contribution is 2.26. The predicted molar refractivity (Wildman–Crippen MR) is 83.9 cm³/mol. The lowest BCUT2D eigenvalue weighted by molar-refractivity contribution is -0.0119. The normalized spacial score (nSPS) is 21.8. The van der Waals surface area contributed by atoms with Crippen LogP contribution in [0.4, 0.5) is 0 Å². The van der Waals surface area contributed by atoms with Gasteiger partial charge in [0.15, 0.2) is 0 Å². The second-order valence-electron chi connectivity index (χ2n) is 5.48. The van der Waals surface area contributed by atoms with E-state index in [1.54, 1.807) is 30.6 Å². The molecule has 1 fully saturated rings. The number of fused-ring (bicyclic) bond motifs is 1. The number of rotatable bonds is 3. The summed E-state index contributed by atoms with van der Waals surface area (Å²) in [4.78, 5) is 4.34.